The van der Waals surface area contributed by atoms with Gasteiger partial charge in [0.05, 0.1) is 31.1 Å². The molecule has 1 atom stereocenters. The van der Waals surface area contributed by atoms with Gasteiger partial charge >= 0.3 is 6.09 Å². The number of hydrogen-bond donors (Lipinski definition) is 2. The van der Waals surface area contributed by atoms with E-state index >= 15 is 0 Å². The molecule has 1 saturated heterocycles. The van der Waals surface area contributed by atoms with Crippen LogP contribution in [-0.2, 0) is 16.1 Å². The normalized spacial score (nSPS) is 17.1. The second-order valence-corrected chi connectivity index (χ2v) is 8.42. The zero-order valence-corrected chi connectivity index (χ0v) is 19.2. The van der Waals surface area contributed by atoms with E-state index in [1.165, 1.54) is 6.20 Å². The zero-order chi connectivity index (χ0) is 24.4. The van der Waals surface area contributed by atoms with Crippen LogP contribution in [0.2, 0.25) is 0 Å². The van der Waals surface area contributed by atoms with Crippen LogP contribution in [0.5, 0.6) is 11.5 Å². The minimum Gasteiger partial charge on any atom is -0.497 e. The van der Waals surface area contributed by atoms with Crippen LogP contribution < -0.4 is 25.0 Å². The SMILES string of the molecule is COc1ccc2ncc(F)c(CNCCCC3CN(c4ccc5c(c4)NC(=O)CO5)C(=O)O3)c2c1. The lowest BCUT2D eigenvalue weighted by Gasteiger charge is -2.20. The molecule has 2 N–H and O–H groups in total. The van der Waals surface area contributed by atoms with Crippen LogP contribution in [0.4, 0.5) is 20.6 Å². The fourth-order valence-electron chi connectivity index (χ4n) is 4.30. The van der Waals surface area contributed by atoms with E-state index in [1.54, 1.807) is 48.4 Å². The second kappa shape index (κ2) is 9.75. The Morgan fingerprint density at radius 2 is 2.14 bits per heavy atom. The lowest BCUT2D eigenvalue weighted by molar-refractivity contribution is -0.118. The van der Waals surface area contributed by atoms with Crippen molar-refractivity contribution in [3.8, 4) is 11.5 Å². The van der Waals surface area contributed by atoms with Crippen molar-refractivity contribution in [3.05, 3.63) is 54.0 Å². The van der Waals surface area contributed by atoms with E-state index in [2.05, 4.69) is 15.6 Å². The number of hydrogen-bond acceptors (Lipinski definition) is 7. The van der Waals surface area contributed by atoms with Crippen molar-refractivity contribution in [3.63, 3.8) is 0 Å². The average Bonchev–Trinajstić information content (AvgIpc) is 3.24. The molecule has 5 rings (SSSR count). The van der Waals surface area contributed by atoms with Crippen LogP contribution in [0.15, 0.2) is 42.6 Å². The van der Waals surface area contributed by atoms with E-state index < -0.39 is 6.09 Å². The molecule has 182 valence electrons. The molecule has 35 heavy (non-hydrogen) atoms. The van der Waals surface area contributed by atoms with Crippen LogP contribution in [0.25, 0.3) is 10.9 Å². The van der Waals surface area contributed by atoms with Crippen molar-refractivity contribution in [2.75, 3.05) is 37.0 Å². The fraction of sp³-hybridized carbons (Fsp3) is 0.320. The predicted octanol–water partition coefficient (Wildman–Crippen LogP) is 3.61. The highest BCUT2D eigenvalue weighted by atomic mass is 19.1. The summed E-state index contributed by atoms with van der Waals surface area (Å²) in [5, 5.41) is 6.73. The van der Waals surface area contributed by atoms with Crippen LogP contribution >= 0.6 is 0 Å². The Balaban J connectivity index is 1.14. The zero-order valence-electron chi connectivity index (χ0n) is 19.2. The summed E-state index contributed by atoms with van der Waals surface area (Å²) < 4.78 is 30.6. The smallest absolute Gasteiger partial charge is 0.414 e. The fourth-order valence-corrected chi connectivity index (χ4v) is 4.30. The molecule has 10 heteroatoms. The molecule has 0 bridgehead atoms. The maximum absolute atomic E-state index is 14.4. The van der Waals surface area contributed by atoms with E-state index in [0.717, 1.165) is 6.42 Å². The largest absolute Gasteiger partial charge is 0.497 e. The van der Waals surface area contributed by atoms with E-state index in [9.17, 15) is 14.0 Å². The van der Waals surface area contributed by atoms with Gasteiger partial charge in [-0.15, -0.1) is 0 Å². The topological polar surface area (TPSA) is 102 Å². The molecule has 2 aromatic carbocycles. The third kappa shape index (κ3) is 4.83. The number of carbonyl (C=O) groups excluding carboxylic acids is 2. The summed E-state index contributed by atoms with van der Waals surface area (Å²) in [5.41, 5.74) is 2.41. The van der Waals surface area contributed by atoms with Gasteiger partial charge in [0.2, 0.25) is 0 Å². The molecular formula is C25H25FN4O5. The Labute approximate surface area is 201 Å². The van der Waals surface area contributed by atoms with Crippen molar-refractivity contribution in [2.45, 2.75) is 25.5 Å². The Morgan fingerprint density at radius 1 is 1.26 bits per heavy atom. The van der Waals surface area contributed by atoms with Crippen molar-refractivity contribution >= 4 is 34.3 Å². The van der Waals surface area contributed by atoms with Gasteiger partial charge in [0.25, 0.3) is 5.91 Å². The number of fused-ring (bicyclic) bond motifs is 2. The first-order chi connectivity index (χ1) is 17.0. The number of halogens is 1. The third-order valence-corrected chi connectivity index (χ3v) is 6.10. The lowest BCUT2D eigenvalue weighted by Crippen LogP contribution is -2.27. The van der Waals surface area contributed by atoms with E-state index in [0.29, 0.717) is 65.4 Å². The van der Waals surface area contributed by atoms with Crippen molar-refractivity contribution in [1.29, 1.82) is 0 Å². The summed E-state index contributed by atoms with van der Waals surface area (Å²) in [7, 11) is 1.57. The van der Waals surface area contributed by atoms with Gasteiger partial charge in [-0.25, -0.2) is 9.18 Å². The summed E-state index contributed by atoms with van der Waals surface area (Å²) in [5.74, 6) is 0.612. The molecule has 1 unspecified atom stereocenters. The Bertz CT molecular complexity index is 1280. The van der Waals surface area contributed by atoms with Crippen LogP contribution in [0.3, 0.4) is 0 Å². The summed E-state index contributed by atoms with van der Waals surface area (Å²) in [6.45, 7) is 1.36. The van der Waals surface area contributed by atoms with E-state index in [1.807, 2.05) is 0 Å². The molecule has 0 saturated carbocycles. The first kappa shape index (κ1) is 22.9. The Kier molecular flexibility index (Phi) is 6.37. The van der Waals surface area contributed by atoms with Crippen molar-refractivity contribution < 1.29 is 28.2 Å². The number of anilines is 2. The molecule has 0 radical (unpaired) electrons. The van der Waals surface area contributed by atoms with Gasteiger partial charge < -0.3 is 24.8 Å². The highest BCUT2D eigenvalue weighted by molar-refractivity contribution is 5.97. The molecule has 3 aromatic rings. The molecule has 0 aliphatic carbocycles. The highest BCUT2D eigenvalue weighted by Crippen LogP contribution is 2.34. The maximum Gasteiger partial charge on any atom is 0.414 e. The number of methoxy groups -OCH3 is 1. The van der Waals surface area contributed by atoms with Gasteiger partial charge in [0.1, 0.15) is 23.4 Å². The van der Waals surface area contributed by atoms with E-state index in [-0.39, 0.29) is 24.4 Å². The number of ether oxygens (including phenoxy) is 3. The number of benzene rings is 2. The molecule has 2 aliphatic rings. The average molecular weight is 480 g/mol. The Hall–Kier alpha value is -3.92. The predicted molar refractivity (Wildman–Crippen MR) is 127 cm³/mol. The molecule has 9 nitrogen and oxygen atoms in total. The maximum atomic E-state index is 14.4. The number of nitrogens with zero attached hydrogens (tertiary/aromatic N) is 2. The minimum atomic E-state index is -0.426. The van der Waals surface area contributed by atoms with Gasteiger partial charge in [0, 0.05) is 23.2 Å². The number of pyridine rings is 1. The number of nitrogens with one attached hydrogen (secondary N) is 2. The number of aromatic nitrogens is 1. The lowest BCUT2D eigenvalue weighted by atomic mass is 10.1. The quantitative estimate of drug-likeness (QED) is 0.475. The summed E-state index contributed by atoms with van der Waals surface area (Å²) >= 11 is 0. The molecule has 2 aliphatic heterocycles. The van der Waals surface area contributed by atoms with Gasteiger partial charge in [0.15, 0.2) is 6.61 Å². The number of amides is 2. The molecule has 0 spiro atoms. The molecule has 1 fully saturated rings. The van der Waals surface area contributed by atoms with Crippen LogP contribution in [-0.4, -0.2) is 49.9 Å². The van der Waals surface area contributed by atoms with Gasteiger partial charge in [-0.05, 0) is 55.8 Å². The standard InChI is InChI=1S/C25H25FN4O5/c1-33-16-5-6-21-18(10-16)19(20(26)12-28-21)11-27-8-2-3-17-13-30(25(32)35-17)15-4-7-23-22(9-15)29-24(31)14-34-23/h4-7,9-10,12,17,27H,2-3,8,11,13-14H2,1H3,(H,29,31). The third-order valence-electron chi connectivity index (χ3n) is 6.10. The van der Waals surface area contributed by atoms with Crippen LogP contribution in [0.1, 0.15) is 18.4 Å². The molecular weight excluding hydrogens is 455 g/mol. The van der Waals surface area contributed by atoms with Gasteiger partial charge in [-0.3, -0.25) is 14.7 Å². The van der Waals surface area contributed by atoms with Crippen LogP contribution in [0, 0.1) is 5.82 Å². The van der Waals surface area contributed by atoms with E-state index in [4.69, 9.17) is 14.2 Å². The molecule has 2 amide bonds. The molecule has 1 aromatic heterocycles. The first-order valence-electron chi connectivity index (χ1n) is 11.4. The number of cyclic esters (lactones) is 1. The van der Waals surface area contributed by atoms with Gasteiger partial charge in [-0.2, -0.15) is 0 Å². The van der Waals surface area contributed by atoms with Crippen molar-refractivity contribution in [1.82, 2.24) is 10.3 Å². The monoisotopic (exact) mass is 480 g/mol. The number of rotatable bonds is 8. The van der Waals surface area contributed by atoms with Crippen molar-refractivity contribution in [2.24, 2.45) is 0 Å². The summed E-state index contributed by atoms with van der Waals surface area (Å²) in [6.07, 6.45) is 1.96. The second-order valence-electron chi connectivity index (χ2n) is 8.42. The number of carbonyl (C=O) groups is 2. The highest BCUT2D eigenvalue weighted by Gasteiger charge is 2.32. The van der Waals surface area contributed by atoms with Gasteiger partial charge in [-0.1, -0.05) is 0 Å². The first-order valence-corrected chi connectivity index (χ1v) is 11.4. The summed E-state index contributed by atoms with van der Waals surface area (Å²) in [4.78, 5) is 29.7. The minimum absolute atomic E-state index is 0.0214. The molecule has 3 heterocycles. The Morgan fingerprint density at radius 3 is 3.00 bits per heavy atom. The summed E-state index contributed by atoms with van der Waals surface area (Å²) in [6, 6.07) is 10.6.